The molecule has 0 spiro atoms. The molecule has 1 N–H and O–H groups in total. The van der Waals surface area contributed by atoms with E-state index >= 15 is 0 Å². The van der Waals surface area contributed by atoms with Gasteiger partial charge in [-0.25, -0.2) is 4.79 Å². The number of anilines is 1. The number of carbonyl (C=O) groups is 1. The van der Waals surface area contributed by atoms with Crippen LogP contribution < -0.4 is 9.50 Å². The predicted octanol–water partition coefficient (Wildman–Crippen LogP) is 4.86. The average molecular weight is 443 g/mol. The zero-order valence-electron chi connectivity index (χ0n) is 17.8. The topological polar surface area (TPSA) is 88.9 Å². The Labute approximate surface area is 182 Å². The highest BCUT2D eigenvalue weighted by Gasteiger charge is 2.18. The molecule has 164 valence electrons. The minimum absolute atomic E-state index is 0.125. The first-order valence-electron chi connectivity index (χ1n) is 9.92. The second-order valence-electron chi connectivity index (χ2n) is 7.26. The molecule has 0 fully saturated rings. The highest BCUT2D eigenvalue weighted by Crippen LogP contribution is 2.21. The Bertz CT molecular complexity index is 1140. The predicted molar refractivity (Wildman–Crippen MR) is 119 cm³/mol. The Morgan fingerprint density at radius 2 is 1.87 bits per heavy atom. The summed E-state index contributed by atoms with van der Waals surface area (Å²) in [6, 6.07) is 15.8. The normalized spacial score (nSPS) is 11.2. The highest BCUT2D eigenvalue weighted by atomic mass is 32.2. The van der Waals surface area contributed by atoms with Crippen LogP contribution in [0.25, 0.3) is 0 Å². The van der Waals surface area contributed by atoms with Gasteiger partial charge >= 0.3 is 16.1 Å². The fourth-order valence-corrected chi connectivity index (χ4v) is 3.57. The van der Waals surface area contributed by atoms with E-state index in [9.17, 15) is 13.2 Å². The standard InChI is InChI=1S/C23H26N2O5S/c1-4-31(27,28)30-20-8-5-7-19(14-20)15-25(16-21-9-6-12-29-21)23(26)24-22-11-10-17(2)13-18(22)3/h5-14H,4,15-16H2,1-3H3,(H,24,26). The van der Waals surface area contributed by atoms with Gasteiger partial charge in [-0.05, 0) is 62.2 Å². The van der Waals surface area contributed by atoms with Crippen molar-refractivity contribution in [3.8, 4) is 5.75 Å². The number of amides is 2. The second kappa shape index (κ2) is 9.70. The third-order valence-corrected chi connectivity index (χ3v) is 5.84. The van der Waals surface area contributed by atoms with E-state index in [2.05, 4.69) is 5.32 Å². The third kappa shape index (κ3) is 6.36. The van der Waals surface area contributed by atoms with Gasteiger partial charge in [0.2, 0.25) is 0 Å². The number of nitrogens with one attached hydrogen (secondary N) is 1. The van der Waals surface area contributed by atoms with Crippen molar-refractivity contribution in [2.75, 3.05) is 11.1 Å². The summed E-state index contributed by atoms with van der Waals surface area (Å²) in [5, 5.41) is 2.95. The Morgan fingerprint density at radius 3 is 2.55 bits per heavy atom. The molecule has 2 amide bonds. The molecule has 1 aromatic heterocycles. The molecule has 0 aliphatic carbocycles. The Kier molecular flexibility index (Phi) is 7.02. The minimum atomic E-state index is -3.63. The fraction of sp³-hybridized carbons (Fsp3) is 0.261. The van der Waals surface area contributed by atoms with Crippen LogP contribution in [-0.2, 0) is 23.2 Å². The summed E-state index contributed by atoms with van der Waals surface area (Å²) in [7, 11) is -3.63. The van der Waals surface area contributed by atoms with Gasteiger partial charge in [0.15, 0.2) is 0 Å². The van der Waals surface area contributed by atoms with Crippen LogP contribution in [0, 0.1) is 13.8 Å². The number of aryl methyl sites for hydroxylation is 2. The lowest BCUT2D eigenvalue weighted by molar-refractivity contribution is 0.201. The van der Waals surface area contributed by atoms with Crippen LogP contribution in [0.1, 0.15) is 29.4 Å². The van der Waals surface area contributed by atoms with Crippen molar-refractivity contribution in [3.63, 3.8) is 0 Å². The summed E-state index contributed by atoms with van der Waals surface area (Å²) in [5.41, 5.74) is 3.53. The van der Waals surface area contributed by atoms with Gasteiger partial charge in [-0.3, -0.25) is 0 Å². The molecule has 0 bridgehead atoms. The molecule has 31 heavy (non-hydrogen) atoms. The number of rotatable bonds is 8. The molecule has 0 unspecified atom stereocenters. The molecule has 8 heteroatoms. The molecule has 0 saturated carbocycles. The van der Waals surface area contributed by atoms with Gasteiger partial charge in [-0.15, -0.1) is 0 Å². The minimum Gasteiger partial charge on any atom is -0.467 e. The molecule has 0 aliphatic heterocycles. The highest BCUT2D eigenvalue weighted by molar-refractivity contribution is 7.87. The number of furan rings is 1. The Balaban J connectivity index is 1.81. The molecular formula is C23H26N2O5S. The monoisotopic (exact) mass is 442 g/mol. The summed E-state index contributed by atoms with van der Waals surface area (Å²) >= 11 is 0. The van der Waals surface area contributed by atoms with Crippen molar-refractivity contribution in [2.45, 2.75) is 33.9 Å². The summed E-state index contributed by atoms with van der Waals surface area (Å²) in [5.74, 6) is 0.726. The molecule has 1 heterocycles. The first-order chi connectivity index (χ1) is 14.8. The SMILES string of the molecule is CCS(=O)(=O)Oc1cccc(CN(Cc2ccco2)C(=O)Nc2ccc(C)cc2C)c1. The van der Waals surface area contributed by atoms with Gasteiger partial charge in [-0.1, -0.05) is 29.8 Å². The Morgan fingerprint density at radius 1 is 1.06 bits per heavy atom. The van der Waals surface area contributed by atoms with Crippen molar-refractivity contribution in [2.24, 2.45) is 0 Å². The van der Waals surface area contributed by atoms with Crippen LogP contribution in [0.5, 0.6) is 5.75 Å². The quantitative estimate of drug-likeness (QED) is 0.503. The molecule has 0 saturated heterocycles. The molecule has 0 atom stereocenters. The lowest BCUT2D eigenvalue weighted by Crippen LogP contribution is -2.34. The molecular weight excluding hydrogens is 416 g/mol. The van der Waals surface area contributed by atoms with Gasteiger partial charge < -0.3 is 18.8 Å². The first-order valence-corrected chi connectivity index (χ1v) is 11.5. The Hall–Kier alpha value is -3.26. The van der Waals surface area contributed by atoms with Gasteiger partial charge in [0.1, 0.15) is 11.5 Å². The molecule has 0 aliphatic rings. The summed E-state index contributed by atoms with van der Waals surface area (Å²) in [4.78, 5) is 14.7. The van der Waals surface area contributed by atoms with Crippen LogP contribution in [-0.4, -0.2) is 25.1 Å². The maximum atomic E-state index is 13.1. The van der Waals surface area contributed by atoms with E-state index in [0.717, 1.165) is 22.4 Å². The lowest BCUT2D eigenvalue weighted by atomic mass is 10.1. The molecule has 2 aromatic carbocycles. The zero-order valence-corrected chi connectivity index (χ0v) is 18.6. The molecule has 0 radical (unpaired) electrons. The van der Waals surface area contributed by atoms with E-state index in [1.54, 1.807) is 41.5 Å². The van der Waals surface area contributed by atoms with E-state index in [4.69, 9.17) is 8.60 Å². The summed E-state index contributed by atoms with van der Waals surface area (Å²) < 4.78 is 34.1. The van der Waals surface area contributed by atoms with Crippen molar-refractivity contribution >= 4 is 21.8 Å². The van der Waals surface area contributed by atoms with E-state index in [1.807, 2.05) is 38.1 Å². The van der Waals surface area contributed by atoms with Crippen LogP contribution in [0.15, 0.2) is 65.3 Å². The molecule has 3 aromatic rings. The zero-order chi connectivity index (χ0) is 22.4. The summed E-state index contributed by atoms with van der Waals surface area (Å²) in [6.45, 7) is 5.94. The number of carbonyl (C=O) groups excluding carboxylic acids is 1. The molecule has 7 nitrogen and oxygen atoms in total. The number of nitrogens with zero attached hydrogens (tertiary/aromatic N) is 1. The van der Waals surface area contributed by atoms with Crippen LogP contribution in [0.3, 0.4) is 0 Å². The summed E-state index contributed by atoms with van der Waals surface area (Å²) in [6.07, 6.45) is 1.56. The van der Waals surface area contributed by atoms with E-state index < -0.39 is 10.1 Å². The third-order valence-electron chi connectivity index (χ3n) is 4.69. The van der Waals surface area contributed by atoms with Crippen LogP contribution in [0.2, 0.25) is 0 Å². The van der Waals surface area contributed by atoms with Gasteiger partial charge in [-0.2, -0.15) is 8.42 Å². The van der Waals surface area contributed by atoms with Crippen molar-refractivity contribution in [1.82, 2.24) is 4.90 Å². The largest absolute Gasteiger partial charge is 0.467 e. The fourth-order valence-electron chi connectivity index (χ4n) is 3.06. The lowest BCUT2D eigenvalue weighted by Gasteiger charge is -2.23. The van der Waals surface area contributed by atoms with Crippen LogP contribution >= 0.6 is 0 Å². The number of hydrogen-bond donors (Lipinski definition) is 1. The number of urea groups is 1. The second-order valence-corrected chi connectivity index (χ2v) is 9.12. The molecule has 3 rings (SSSR count). The van der Waals surface area contributed by atoms with Gasteiger partial charge in [0, 0.05) is 12.2 Å². The van der Waals surface area contributed by atoms with Gasteiger partial charge in [0.25, 0.3) is 0 Å². The maximum absolute atomic E-state index is 13.1. The van der Waals surface area contributed by atoms with Crippen molar-refractivity contribution < 1.29 is 21.8 Å². The van der Waals surface area contributed by atoms with E-state index in [0.29, 0.717) is 5.76 Å². The maximum Gasteiger partial charge on any atom is 0.322 e. The van der Waals surface area contributed by atoms with E-state index in [-0.39, 0.29) is 30.6 Å². The van der Waals surface area contributed by atoms with Crippen molar-refractivity contribution in [3.05, 3.63) is 83.3 Å². The number of benzene rings is 2. The van der Waals surface area contributed by atoms with E-state index in [1.165, 1.54) is 6.92 Å². The van der Waals surface area contributed by atoms with Gasteiger partial charge in [0.05, 0.1) is 18.6 Å². The van der Waals surface area contributed by atoms with Crippen molar-refractivity contribution in [1.29, 1.82) is 0 Å². The average Bonchev–Trinajstić information content (AvgIpc) is 3.23. The van der Waals surface area contributed by atoms with Crippen LogP contribution in [0.4, 0.5) is 10.5 Å². The smallest absolute Gasteiger partial charge is 0.322 e. The number of hydrogen-bond acceptors (Lipinski definition) is 5. The first kappa shape index (κ1) is 22.4.